The summed E-state index contributed by atoms with van der Waals surface area (Å²) < 4.78 is 0. The molecule has 0 spiro atoms. The van der Waals surface area contributed by atoms with E-state index in [0.717, 1.165) is 0 Å². The van der Waals surface area contributed by atoms with Crippen LogP contribution in [0, 0.1) is 0 Å². The zero-order chi connectivity index (χ0) is 13.1. The number of amides is 1. The lowest BCUT2D eigenvalue weighted by atomic mass is 10.2. The summed E-state index contributed by atoms with van der Waals surface area (Å²) in [6.45, 7) is 1.43. The van der Waals surface area contributed by atoms with E-state index in [1.807, 2.05) is 0 Å². The number of fused-ring (bicyclic) bond motifs is 1. The number of para-hydroxylation sites is 1. The summed E-state index contributed by atoms with van der Waals surface area (Å²) in [5.41, 5.74) is -0.0461. The molecule has 0 aliphatic rings. The largest absolute Gasteiger partial charge is 0.394 e. The first kappa shape index (κ1) is 12.3. The van der Waals surface area contributed by atoms with Gasteiger partial charge in [-0.3, -0.25) is 14.7 Å². The van der Waals surface area contributed by atoms with Crippen LogP contribution in [0.2, 0.25) is 0 Å². The van der Waals surface area contributed by atoms with Crippen LogP contribution in [0.25, 0.3) is 10.9 Å². The average molecular weight is 247 g/mol. The number of aliphatic hydroxyl groups excluding tert-OH is 1. The molecule has 0 radical (unpaired) electrons. The standard InChI is InChI=1S/C12H13N3O3/c1-7(6-16)13-12(18)10-11(17)8-4-2-3-5-9(8)14-15-10/h2-5,7,16H,6H2,1H3,(H,13,18)(H,14,17). The minimum atomic E-state index is -0.594. The topological polar surface area (TPSA) is 95.1 Å². The van der Waals surface area contributed by atoms with E-state index in [9.17, 15) is 9.59 Å². The number of aromatic nitrogens is 2. The van der Waals surface area contributed by atoms with Crippen LogP contribution in [-0.2, 0) is 0 Å². The first-order valence-electron chi connectivity index (χ1n) is 5.52. The van der Waals surface area contributed by atoms with Crippen molar-refractivity contribution in [3.8, 4) is 0 Å². The molecule has 1 amide bonds. The van der Waals surface area contributed by atoms with Crippen molar-refractivity contribution in [1.82, 2.24) is 15.5 Å². The maximum atomic E-state index is 12.0. The highest BCUT2D eigenvalue weighted by Crippen LogP contribution is 2.05. The Hall–Kier alpha value is -2.21. The fourth-order valence-electron chi connectivity index (χ4n) is 1.56. The van der Waals surface area contributed by atoms with E-state index in [1.165, 1.54) is 0 Å². The van der Waals surface area contributed by atoms with Crippen LogP contribution in [0.3, 0.4) is 0 Å². The molecule has 6 nitrogen and oxygen atoms in total. The van der Waals surface area contributed by atoms with Gasteiger partial charge in [0.25, 0.3) is 5.91 Å². The number of rotatable bonds is 3. The molecule has 0 saturated carbocycles. The quantitative estimate of drug-likeness (QED) is 0.713. The van der Waals surface area contributed by atoms with E-state index in [1.54, 1.807) is 31.2 Å². The second-order valence-electron chi connectivity index (χ2n) is 4.00. The molecule has 0 aliphatic heterocycles. The highest BCUT2D eigenvalue weighted by atomic mass is 16.3. The number of carbonyl (C=O) groups excluding carboxylic acids is 1. The number of hydrogen-bond acceptors (Lipinski definition) is 4. The number of nitrogens with one attached hydrogen (secondary N) is 2. The lowest BCUT2D eigenvalue weighted by Crippen LogP contribution is -2.38. The molecular formula is C12H13N3O3. The summed E-state index contributed by atoms with van der Waals surface area (Å²) in [6.07, 6.45) is 0. The SMILES string of the molecule is CC(CO)NC(=O)c1n[nH]c2ccccc2c1=O. The second-order valence-corrected chi connectivity index (χ2v) is 4.00. The van der Waals surface area contributed by atoms with Crippen LogP contribution in [0.4, 0.5) is 0 Å². The molecule has 6 heteroatoms. The third kappa shape index (κ3) is 2.23. The number of carbonyl (C=O) groups is 1. The molecule has 0 saturated heterocycles. The van der Waals surface area contributed by atoms with E-state index in [4.69, 9.17) is 5.11 Å². The molecule has 1 unspecified atom stereocenters. The monoisotopic (exact) mass is 247 g/mol. The van der Waals surface area contributed by atoms with E-state index >= 15 is 0 Å². The van der Waals surface area contributed by atoms with Crippen LogP contribution in [-0.4, -0.2) is 33.9 Å². The maximum Gasteiger partial charge on any atom is 0.276 e. The molecule has 0 aliphatic carbocycles. The molecule has 2 rings (SSSR count). The second kappa shape index (κ2) is 4.97. The Morgan fingerprint density at radius 3 is 2.94 bits per heavy atom. The summed E-state index contributed by atoms with van der Waals surface area (Å²) in [5, 5.41) is 18.2. The van der Waals surface area contributed by atoms with Crippen molar-refractivity contribution < 1.29 is 9.90 Å². The van der Waals surface area contributed by atoms with Gasteiger partial charge in [-0.25, -0.2) is 0 Å². The van der Waals surface area contributed by atoms with Gasteiger partial charge in [0.05, 0.1) is 12.1 Å². The zero-order valence-electron chi connectivity index (χ0n) is 9.80. The number of H-pyrrole nitrogens is 1. The Kier molecular flexibility index (Phi) is 3.38. The van der Waals surface area contributed by atoms with Gasteiger partial charge in [0.2, 0.25) is 5.43 Å². The average Bonchev–Trinajstić information content (AvgIpc) is 2.39. The molecule has 3 N–H and O–H groups in total. The summed E-state index contributed by atoms with van der Waals surface area (Å²) in [6, 6.07) is 6.40. The fourth-order valence-corrected chi connectivity index (χ4v) is 1.56. The highest BCUT2D eigenvalue weighted by Gasteiger charge is 2.16. The van der Waals surface area contributed by atoms with Gasteiger partial charge < -0.3 is 10.4 Å². The Balaban J connectivity index is 2.43. The van der Waals surface area contributed by atoms with E-state index in [0.29, 0.717) is 10.9 Å². The molecule has 1 heterocycles. The predicted octanol–water partition coefficient (Wildman–Crippen LogP) is 0.0337. The molecule has 1 atom stereocenters. The lowest BCUT2D eigenvalue weighted by molar-refractivity contribution is 0.0915. The van der Waals surface area contributed by atoms with Gasteiger partial charge in [-0.1, -0.05) is 12.1 Å². The smallest absolute Gasteiger partial charge is 0.276 e. The number of nitrogens with zero attached hydrogens (tertiary/aromatic N) is 1. The Labute approximate surface area is 103 Å². The molecule has 1 aromatic carbocycles. The summed E-state index contributed by atoms with van der Waals surface area (Å²) in [7, 11) is 0. The van der Waals surface area contributed by atoms with Gasteiger partial charge in [-0.05, 0) is 19.1 Å². The number of hydrogen-bond donors (Lipinski definition) is 3. The molecular weight excluding hydrogens is 234 g/mol. The Bertz CT molecular complexity index is 636. The van der Waals surface area contributed by atoms with Crippen LogP contribution in [0.5, 0.6) is 0 Å². The Morgan fingerprint density at radius 1 is 1.50 bits per heavy atom. The molecule has 0 fully saturated rings. The number of benzene rings is 1. The van der Waals surface area contributed by atoms with E-state index < -0.39 is 17.4 Å². The number of aromatic amines is 1. The van der Waals surface area contributed by atoms with E-state index in [2.05, 4.69) is 15.5 Å². The predicted molar refractivity (Wildman–Crippen MR) is 66.4 cm³/mol. The summed E-state index contributed by atoms with van der Waals surface area (Å²) in [5.74, 6) is -0.594. The summed E-state index contributed by atoms with van der Waals surface area (Å²) in [4.78, 5) is 23.8. The van der Waals surface area contributed by atoms with Gasteiger partial charge in [0.1, 0.15) is 0 Å². The van der Waals surface area contributed by atoms with Crippen molar-refractivity contribution in [1.29, 1.82) is 0 Å². The van der Waals surface area contributed by atoms with Crippen LogP contribution in [0.15, 0.2) is 29.1 Å². The maximum absolute atomic E-state index is 12.0. The van der Waals surface area contributed by atoms with Crippen molar-refractivity contribution in [2.75, 3.05) is 6.61 Å². The third-order valence-electron chi connectivity index (χ3n) is 2.54. The van der Waals surface area contributed by atoms with E-state index in [-0.39, 0.29) is 12.3 Å². The van der Waals surface area contributed by atoms with Crippen molar-refractivity contribution in [3.05, 3.63) is 40.2 Å². The van der Waals surface area contributed by atoms with Crippen molar-refractivity contribution >= 4 is 16.8 Å². The zero-order valence-corrected chi connectivity index (χ0v) is 9.80. The summed E-state index contributed by atoms with van der Waals surface area (Å²) >= 11 is 0. The highest BCUT2D eigenvalue weighted by molar-refractivity contribution is 5.95. The third-order valence-corrected chi connectivity index (χ3v) is 2.54. The Morgan fingerprint density at radius 2 is 2.22 bits per heavy atom. The van der Waals surface area contributed by atoms with Gasteiger partial charge in [0, 0.05) is 11.4 Å². The molecule has 1 aromatic heterocycles. The minimum Gasteiger partial charge on any atom is -0.394 e. The lowest BCUT2D eigenvalue weighted by Gasteiger charge is -2.09. The minimum absolute atomic E-state index is 0.197. The number of aliphatic hydroxyl groups is 1. The van der Waals surface area contributed by atoms with Crippen molar-refractivity contribution in [2.24, 2.45) is 0 Å². The van der Waals surface area contributed by atoms with Gasteiger partial charge in [0.15, 0.2) is 5.69 Å². The van der Waals surface area contributed by atoms with Crippen molar-refractivity contribution in [3.63, 3.8) is 0 Å². The van der Waals surface area contributed by atoms with Gasteiger partial charge in [-0.15, -0.1) is 0 Å². The molecule has 18 heavy (non-hydrogen) atoms. The first-order valence-corrected chi connectivity index (χ1v) is 5.52. The van der Waals surface area contributed by atoms with Crippen LogP contribution < -0.4 is 10.7 Å². The van der Waals surface area contributed by atoms with Crippen LogP contribution >= 0.6 is 0 Å². The van der Waals surface area contributed by atoms with Gasteiger partial charge in [-0.2, -0.15) is 5.10 Å². The van der Waals surface area contributed by atoms with Crippen molar-refractivity contribution in [2.45, 2.75) is 13.0 Å². The van der Waals surface area contributed by atoms with Gasteiger partial charge >= 0.3 is 0 Å². The molecule has 0 bridgehead atoms. The van der Waals surface area contributed by atoms with Crippen LogP contribution in [0.1, 0.15) is 17.4 Å². The normalized spacial score (nSPS) is 12.3. The molecule has 2 aromatic rings. The first-order chi connectivity index (χ1) is 8.63. The fraction of sp³-hybridized carbons (Fsp3) is 0.250. The molecule has 94 valence electrons.